The number of amides is 1. The lowest BCUT2D eigenvalue weighted by molar-refractivity contribution is -0.151. The number of likely N-dealkylation sites (N-methyl/N-ethyl adjacent to an activating group) is 1. The smallest absolute Gasteiger partial charge is 0.328 e. The second kappa shape index (κ2) is 6.60. The second-order valence-corrected chi connectivity index (χ2v) is 4.82. The van der Waals surface area contributed by atoms with Crippen LogP contribution < -0.4 is 0 Å². The molecule has 0 unspecified atom stereocenters. The number of carbonyl (C=O) groups is 2. The number of benzene rings is 1. The molecule has 0 saturated carbocycles. The van der Waals surface area contributed by atoms with Crippen molar-refractivity contribution < 1.29 is 27.5 Å². The highest BCUT2D eigenvalue weighted by Gasteiger charge is 2.29. The lowest BCUT2D eigenvalue weighted by atomic mass is 10.1. The zero-order valence-corrected chi connectivity index (χ0v) is 12.1. The number of hydrogen-bond acceptors (Lipinski definition) is 3. The molecule has 0 heterocycles. The molecule has 0 saturated heterocycles. The van der Waals surface area contributed by atoms with E-state index in [2.05, 4.69) is 0 Å². The molecule has 1 atom stereocenters. The first-order chi connectivity index (χ1) is 9.65. The third-order valence-electron chi connectivity index (χ3n) is 2.82. The third-order valence-corrected chi connectivity index (χ3v) is 2.82. The van der Waals surface area contributed by atoms with Gasteiger partial charge in [0.25, 0.3) is 5.91 Å². The predicted molar refractivity (Wildman–Crippen MR) is 69.1 cm³/mol. The fourth-order valence-electron chi connectivity index (χ4n) is 1.59. The first-order valence-corrected chi connectivity index (χ1v) is 6.27. The van der Waals surface area contributed by atoms with Crippen LogP contribution in [0.3, 0.4) is 0 Å². The molecule has 4 nitrogen and oxygen atoms in total. The predicted octanol–water partition coefficient (Wildman–Crippen LogP) is 2.52. The number of rotatable bonds is 4. The Morgan fingerprint density at radius 2 is 1.57 bits per heavy atom. The van der Waals surface area contributed by atoms with Gasteiger partial charge in [-0.15, -0.1) is 0 Å². The summed E-state index contributed by atoms with van der Waals surface area (Å²) in [6, 6.07) is -0.230. The number of nitrogens with zero attached hydrogens (tertiary/aromatic N) is 1. The van der Waals surface area contributed by atoms with E-state index >= 15 is 0 Å². The van der Waals surface area contributed by atoms with E-state index in [1.807, 2.05) is 0 Å². The van der Waals surface area contributed by atoms with E-state index in [0.717, 1.165) is 4.90 Å². The monoisotopic (exact) mass is 303 g/mol. The van der Waals surface area contributed by atoms with Crippen molar-refractivity contribution in [1.29, 1.82) is 0 Å². The Bertz CT molecular complexity index is 537. The number of carbonyl (C=O) groups excluding carboxylic acids is 2. The molecule has 0 bridgehead atoms. The molecule has 116 valence electrons. The Morgan fingerprint density at radius 1 is 1.10 bits per heavy atom. The van der Waals surface area contributed by atoms with Gasteiger partial charge in [-0.1, -0.05) is 0 Å². The Morgan fingerprint density at radius 3 is 2.00 bits per heavy atom. The standard InChI is InChI=1S/C14H16F3NO3/c1-7(2)21-14(20)8(3)18(4)13(19)12-10(16)5-9(15)6-11(12)17/h5-8H,1-4H3/t8-/m1/s1. The highest BCUT2D eigenvalue weighted by Crippen LogP contribution is 2.18. The Kier molecular flexibility index (Phi) is 5.34. The average molecular weight is 303 g/mol. The molecule has 0 fully saturated rings. The van der Waals surface area contributed by atoms with Crippen molar-refractivity contribution in [3.63, 3.8) is 0 Å². The van der Waals surface area contributed by atoms with Gasteiger partial charge in [-0.2, -0.15) is 0 Å². The summed E-state index contributed by atoms with van der Waals surface area (Å²) in [5, 5.41) is 0. The lowest BCUT2D eigenvalue weighted by Gasteiger charge is -2.24. The summed E-state index contributed by atoms with van der Waals surface area (Å²) >= 11 is 0. The van der Waals surface area contributed by atoms with E-state index in [0.29, 0.717) is 12.1 Å². The molecule has 0 aromatic heterocycles. The normalized spacial score (nSPS) is 12.2. The lowest BCUT2D eigenvalue weighted by Crippen LogP contribution is -2.42. The molecular formula is C14H16F3NO3. The molecule has 0 aliphatic rings. The van der Waals surface area contributed by atoms with Crippen LogP contribution in [0.5, 0.6) is 0 Å². The molecule has 0 radical (unpaired) electrons. The van der Waals surface area contributed by atoms with E-state index < -0.39 is 40.9 Å². The summed E-state index contributed by atoms with van der Waals surface area (Å²) in [6.07, 6.45) is -0.386. The van der Waals surface area contributed by atoms with Crippen LogP contribution in [0, 0.1) is 17.5 Å². The minimum atomic E-state index is -1.33. The van der Waals surface area contributed by atoms with Gasteiger partial charge >= 0.3 is 5.97 Å². The van der Waals surface area contributed by atoms with Crippen molar-refractivity contribution in [1.82, 2.24) is 4.90 Å². The van der Waals surface area contributed by atoms with Crippen LogP contribution in [0.2, 0.25) is 0 Å². The van der Waals surface area contributed by atoms with Gasteiger partial charge in [0.2, 0.25) is 0 Å². The van der Waals surface area contributed by atoms with Crippen LogP contribution in [0.1, 0.15) is 31.1 Å². The van der Waals surface area contributed by atoms with Gasteiger partial charge < -0.3 is 9.64 Å². The molecule has 0 N–H and O–H groups in total. The SMILES string of the molecule is CC(C)OC(=O)[C@@H](C)N(C)C(=O)c1c(F)cc(F)cc1F. The highest BCUT2D eigenvalue weighted by molar-refractivity contribution is 5.97. The van der Waals surface area contributed by atoms with Crippen LogP contribution in [0.15, 0.2) is 12.1 Å². The molecule has 1 aromatic carbocycles. The van der Waals surface area contributed by atoms with E-state index in [9.17, 15) is 22.8 Å². The maximum atomic E-state index is 13.6. The minimum absolute atomic E-state index is 0.386. The quantitative estimate of drug-likeness (QED) is 0.803. The van der Waals surface area contributed by atoms with E-state index in [4.69, 9.17) is 4.74 Å². The van der Waals surface area contributed by atoms with Gasteiger partial charge in [-0.3, -0.25) is 4.79 Å². The minimum Gasteiger partial charge on any atom is -0.461 e. The second-order valence-electron chi connectivity index (χ2n) is 4.82. The van der Waals surface area contributed by atoms with Gasteiger partial charge in [0, 0.05) is 19.2 Å². The fourth-order valence-corrected chi connectivity index (χ4v) is 1.59. The molecule has 21 heavy (non-hydrogen) atoms. The zero-order valence-electron chi connectivity index (χ0n) is 12.1. The van der Waals surface area contributed by atoms with Gasteiger partial charge in [0.15, 0.2) is 0 Å². The van der Waals surface area contributed by atoms with Crippen LogP contribution >= 0.6 is 0 Å². The average Bonchev–Trinajstić information content (AvgIpc) is 2.34. The number of esters is 1. The number of hydrogen-bond donors (Lipinski definition) is 0. The third kappa shape index (κ3) is 3.96. The Hall–Kier alpha value is -2.05. The van der Waals surface area contributed by atoms with E-state index in [1.54, 1.807) is 13.8 Å². The van der Waals surface area contributed by atoms with Crippen molar-refractivity contribution in [2.24, 2.45) is 0 Å². The molecule has 1 aromatic rings. The van der Waals surface area contributed by atoms with Gasteiger partial charge in [-0.05, 0) is 20.8 Å². The van der Waals surface area contributed by atoms with Crippen molar-refractivity contribution >= 4 is 11.9 Å². The fraction of sp³-hybridized carbons (Fsp3) is 0.429. The molecular weight excluding hydrogens is 287 g/mol. The summed E-state index contributed by atoms with van der Waals surface area (Å²) in [6.45, 7) is 4.62. The summed E-state index contributed by atoms with van der Waals surface area (Å²) in [4.78, 5) is 24.6. The van der Waals surface area contributed by atoms with Crippen molar-refractivity contribution in [2.75, 3.05) is 7.05 Å². The van der Waals surface area contributed by atoms with Crippen LogP contribution in [-0.2, 0) is 9.53 Å². The molecule has 1 amide bonds. The molecule has 1 rings (SSSR count). The summed E-state index contributed by atoms with van der Waals surface area (Å²) < 4.78 is 44.8. The number of halogens is 3. The Labute approximate surface area is 120 Å². The van der Waals surface area contributed by atoms with Crippen molar-refractivity contribution in [3.8, 4) is 0 Å². The van der Waals surface area contributed by atoms with Crippen molar-refractivity contribution in [2.45, 2.75) is 32.9 Å². The highest BCUT2D eigenvalue weighted by atomic mass is 19.1. The van der Waals surface area contributed by atoms with Crippen molar-refractivity contribution in [3.05, 3.63) is 35.1 Å². The van der Waals surface area contributed by atoms with Gasteiger partial charge in [-0.25, -0.2) is 18.0 Å². The maximum absolute atomic E-state index is 13.6. The summed E-state index contributed by atoms with van der Waals surface area (Å²) in [7, 11) is 1.21. The Balaban J connectivity index is 3.01. The summed E-state index contributed by atoms with van der Waals surface area (Å²) in [5.74, 6) is -5.55. The van der Waals surface area contributed by atoms with Gasteiger partial charge in [0.1, 0.15) is 29.1 Å². The molecule has 7 heteroatoms. The van der Waals surface area contributed by atoms with E-state index in [1.165, 1.54) is 14.0 Å². The summed E-state index contributed by atoms with van der Waals surface area (Å²) in [5.41, 5.74) is -0.914. The first-order valence-electron chi connectivity index (χ1n) is 6.27. The van der Waals surface area contributed by atoms with E-state index in [-0.39, 0.29) is 6.10 Å². The molecule has 0 spiro atoms. The largest absolute Gasteiger partial charge is 0.461 e. The zero-order chi connectivity index (χ0) is 16.3. The van der Waals surface area contributed by atoms with Crippen LogP contribution in [0.25, 0.3) is 0 Å². The van der Waals surface area contributed by atoms with Crippen LogP contribution in [0.4, 0.5) is 13.2 Å². The maximum Gasteiger partial charge on any atom is 0.328 e. The molecule has 0 aliphatic heterocycles. The van der Waals surface area contributed by atoms with Gasteiger partial charge in [0.05, 0.1) is 6.10 Å². The van der Waals surface area contributed by atoms with Crippen LogP contribution in [-0.4, -0.2) is 36.0 Å². The number of ether oxygens (including phenoxy) is 1. The topological polar surface area (TPSA) is 46.6 Å². The first kappa shape index (κ1) is 17.0. The molecule has 0 aliphatic carbocycles.